The summed E-state index contributed by atoms with van der Waals surface area (Å²) >= 11 is 0. The van der Waals surface area contributed by atoms with Gasteiger partial charge in [0.2, 0.25) is 0 Å². The summed E-state index contributed by atoms with van der Waals surface area (Å²) in [5, 5.41) is 19.7. The third-order valence-corrected chi connectivity index (χ3v) is 8.28. The smallest absolute Gasteiger partial charge is 0.157 e. The minimum absolute atomic E-state index is 0. The molecule has 1 aromatic carbocycles. The Bertz CT molecular complexity index is 1320. The fraction of sp³-hybridized carbons (Fsp3) is 0.455. The lowest BCUT2D eigenvalue weighted by molar-refractivity contribution is 0.114. The maximum Gasteiger partial charge on any atom is 0.157 e. The number of nitrogens with zero attached hydrogens (tertiary/aromatic N) is 4. The van der Waals surface area contributed by atoms with E-state index in [0.717, 1.165) is 53.9 Å². The second kappa shape index (κ2) is 7.66. The Balaban J connectivity index is 0.00000231. The molecule has 0 spiro atoms. The van der Waals surface area contributed by atoms with Crippen LogP contribution in [0.5, 0.6) is 0 Å². The molecule has 2 aliphatic rings. The van der Waals surface area contributed by atoms with Crippen molar-refractivity contribution in [3.63, 3.8) is 0 Å². The number of sulfone groups is 1. The molecule has 2 aliphatic heterocycles. The van der Waals surface area contributed by atoms with Crippen molar-refractivity contribution in [1.29, 1.82) is 5.26 Å². The number of nitriles is 1. The van der Waals surface area contributed by atoms with Crippen molar-refractivity contribution in [2.24, 2.45) is 5.41 Å². The number of para-hydroxylation sites is 2. The van der Waals surface area contributed by atoms with Crippen LogP contribution in [0.2, 0.25) is 0 Å². The fourth-order valence-corrected chi connectivity index (χ4v) is 6.21. The number of halogens is 1. The Hall–Kier alpha value is -2.34. The van der Waals surface area contributed by atoms with Gasteiger partial charge >= 0.3 is 0 Å². The van der Waals surface area contributed by atoms with Crippen LogP contribution in [0.1, 0.15) is 36.5 Å². The molecule has 0 aliphatic carbocycles. The van der Waals surface area contributed by atoms with Crippen LogP contribution in [0.3, 0.4) is 0 Å². The normalized spacial score (nSPS) is 19.6. The lowest BCUT2D eigenvalue weighted by atomic mass is 9.81. The lowest BCUT2D eigenvalue weighted by Gasteiger charge is -2.41. The van der Waals surface area contributed by atoms with Crippen LogP contribution < -0.4 is 4.90 Å². The quantitative estimate of drug-likeness (QED) is 0.631. The van der Waals surface area contributed by atoms with Gasteiger partial charge in [0.05, 0.1) is 28.1 Å². The molecular weight excluding hydrogens is 436 g/mol. The van der Waals surface area contributed by atoms with E-state index < -0.39 is 9.84 Å². The van der Waals surface area contributed by atoms with Gasteiger partial charge < -0.3 is 10.0 Å². The number of anilines is 1. The predicted molar refractivity (Wildman–Crippen MR) is 122 cm³/mol. The second-order valence-electron chi connectivity index (χ2n) is 8.82. The third kappa shape index (κ3) is 3.45. The van der Waals surface area contributed by atoms with Crippen molar-refractivity contribution in [2.45, 2.75) is 31.9 Å². The molecule has 0 amide bonds. The Morgan fingerprint density at radius 1 is 1.23 bits per heavy atom. The van der Waals surface area contributed by atoms with Crippen molar-refractivity contribution in [3.8, 4) is 6.07 Å². The van der Waals surface area contributed by atoms with Crippen molar-refractivity contribution < 1.29 is 13.5 Å². The van der Waals surface area contributed by atoms with Crippen LogP contribution in [-0.2, 0) is 22.0 Å². The summed E-state index contributed by atoms with van der Waals surface area (Å²) in [4.78, 5) is 6.98. The van der Waals surface area contributed by atoms with Gasteiger partial charge in [0, 0.05) is 25.3 Å². The highest BCUT2D eigenvalue weighted by atomic mass is 35.5. The summed E-state index contributed by atoms with van der Waals surface area (Å²) in [6.45, 7) is 3.67. The molecule has 2 aromatic heterocycles. The molecule has 164 valence electrons. The number of hydrogen-bond acceptors (Lipinski definition) is 6. The average molecular weight is 461 g/mol. The molecule has 1 fully saturated rings. The molecule has 31 heavy (non-hydrogen) atoms. The maximum absolute atomic E-state index is 12.6. The number of aliphatic hydroxyl groups is 1. The molecule has 7 nitrogen and oxygen atoms in total. The van der Waals surface area contributed by atoms with Gasteiger partial charge in [0.25, 0.3) is 0 Å². The number of aromatic nitrogens is 2. The first-order valence-corrected chi connectivity index (χ1v) is 12.1. The van der Waals surface area contributed by atoms with Gasteiger partial charge in [-0.3, -0.25) is 4.40 Å². The van der Waals surface area contributed by atoms with Crippen LogP contribution in [0.4, 0.5) is 5.82 Å². The zero-order valence-corrected chi connectivity index (χ0v) is 19.0. The van der Waals surface area contributed by atoms with E-state index in [1.807, 2.05) is 28.7 Å². The highest BCUT2D eigenvalue weighted by molar-refractivity contribution is 7.90. The number of rotatable bonds is 2. The molecule has 0 bridgehead atoms. The minimum atomic E-state index is -3.22. The largest absolute Gasteiger partial charge is 0.396 e. The van der Waals surface area contributed by atoms with Crippen molar-refractivity contribution in [1.82, 2.24) is 9.38 Å². The van der Waals surface area contributed by atoms with Gasteiger partial charge in [0.15, 0.2) is 15.5 Å². The number of fused-ring (bicyclic) bond motifs is 4. The number of benzene rings is 1. The molecule has 1 N–H and O–H groups in total. The van der Waals surface area contributed by atoms with Crippen LogP contribution in [0, 0.1) is 16.7 Å². The topological polar surface area (TPSA) is 98.7 Å². The maximum atomic E-state index is 12.6. The monoisotopic (exact) mass is 460 g/mol. The van der Waals surface area contributed by atoms with Crippen LogP contribution in [-0.4, -0.2) is 48.4 Å². The van der Waals surface area contributed by atoms with Gasteiger partial charge in [-0.25, -0.2) is 13.4 Å². The van der Waals surface area contributed by atoms with E-state index in [4.69, 9.17) is 4.98 Å². The highest BCUT2D eigenvalue weighted by Gasteiger charge is 2.35. The van der Waals surface area contributed by atoms with E-state index in [1.165, 1.54) is 0 Å². The van der Waals surface area contributed by atoms with Gasteiger partial charge in [0.1, 0.15) is 11.9 Å². The number of aliphatic hydroxyl groups excluding tert-OH is 1. The van der Waals surface area contributed by atoms with Crippen molar-refractivity contribution >= 4 is 44.7 Å². The third-order valence-electron chi connectivity index (χ3n) is 6.72. The van der Waals surface area contributed by atoms with Gasteiger partial charge in [-0.1, -0.05) is 19.1 Å². The number of imidazole rings is 1. The summed E-state index contributed by atoms with van der Waals surface area (Å²) in [5.74, 6) is 0.853. The zero-order valence-electron chi connectivity index (χ0n) is 17.3. The molecule has 0 unspecified atom stereocenters. The summed E-state index contributed by atoms with van der Waals surface area (Å²) < 4.78 is 27.1. The lowest BCUT2D eigenvalue weighted by Crippen LogP contribution is -2.42. The minimum Gasteiger partial charge on any atom is -0.396 e. The summed E-state index contributed by atoms with van der Waals surface area (Å²) in [6.07, 6.45) is 1.98. The zero-order chi connectivity index (χ0) is 21.1. The number of piperidine rings is 1. The van der Waals surface area contributed by atoms with Crippen LogP contribution in [0.25, 0.3) is 16.7 Å². The molecule has 1 saturated heterocycles. The SMILES string of the molecule is CC1(CO)CCN(c2c3c(c(C#N)c4nc5ccccc5n24)CCS(=O)(=O)C3)CC1.Cl. The summed E-state index contributed by atoms with van der Waals surface area (Å²) in [6, 6.07) is 10.0. The van der Waals surface area contributed by atoms with E-state index in [-0.39, 0.29) is 35.9 Å². The van der Waals surface area contributed by atoms with Crippen molar-refractivity contribution in [3.05, 3.63) is 41.0 Å². The molecule has 5 rings (SSSR count). The Labute approximate surface area is 187 Å². The van der Waals surface area contributed by atoms with Crippen molar-refractivity contribution in [2.75, 3.05) is 30.3 Å². The second-order valence-corrected chi connectivity index (χ2v) is 11.0. The predicted octanol–water partition coefficient (Wildman–Crippen LogP) is 2.85. The van der Waals surface area contributed by atoms with E-state index in [1.54, 1.807) is 0 Å². The molecule has 9 heteroatoms. The average Bonchev–Trinajstić information content (AvgIpc) is 3.11. The summed E-state index contributed by atoms with van der Waals surface area (Å²) in [7, 11) is -3.22. The Kier molecular flexibility index (Phi) is 5.41. The van der Waals surface area contributed by atoms with Gasteiger partial charge in [-0.2, -0.15) is 5.26 Å². The number of hydrogen-bond donors (Lipinski definition) is 1. The molecule has 4 heterocycles. The van der Waals surface area contributed by atoms with E-state index in [0.29, 0.717) is 17.6 Å². The highest BCUT2D eigenvalue weighted by Crippen LogP contribution is 2.40. The van der Waals surface area contributed by atoms with E-state index in [2.05, 4.69) is 17.9 Å². The van der Waals surface area contributed by atoms with Gasteiger partial charge in [-0.15, -0.1) is 12.4 Å². The van der Waals surface area contributed by atoms with E-state index in [9.17, 15) is 18.8 Å². The molecule has 0 atom stereocenters. The standard InChI is InChI=1S/C22H24N4O3S.ClH/c1-22(14-27)7-9-25(10-8-22)21-17-13-30(28,29)11-6-15(17)16(12-23)20-24-18-4-2-3-5-19(18)26(20)21;/h2-5,27H,6-11,13-14H2,1H3;1H. The molecular formula is C22H25ClN4O3S. The van der Waals surface area contributed by atoms with Crippen LogP contribution >= 0.6 is 12.4 Å². The summed E-state index contributed by atoms with van der Waals surface area (Å²) in [5.41, 5.74) is 4.18. The molecule has 3 aromatic rings. The molecule has 0 saturated carbocycles. The first-order valence-electron chi connectivity index (χ1n) is 10.3. The first-order chi connectivity index (χ1) is 14.4. The van der Waals surface area contributed by atoms with E-state index >= 15 is 0 Å². The van der Waals surface area contributed by atoms with Gasteiger partial charge in [-0.05, 0) is 42.4 Å². The Morgan fingerprint density at radius 2 is 1.94 bits per heavy atom. The Morgan fingerprint density at radius 3 is 2.61 bits per heavy atom. The first kappa shape index (κ1) is 21.9. The fourth-order valence-electron chi connectivity index (χ4n) is 4.81. The molecule has 0 radical (unpaired) electrons. The number of pyridine rings is 1. The van der Waals surface area contributed by atoms with Crippen LogP contribution in [0.15, 0.2) is 24.3 Å².